The zero-order chi connectivity index (χ0) is 13.2. The first-order valence-electron chi connectivity index (χ1n) is 5.50. The second-order valence-electron chi connectivity index (χ2n) is 3.71. The number of benzene rings is 1. The number of thiazole rings is 1. The molecule has 0 spiro atoms. The van der Waals surface area contributed by atoms with Crippen molar-refractivity contribution >= 4 is 55.7 Å². The van der Waals surface area contributed by atoms with Gasteiger partial charge in [0.25, 0.3) is 0 Å². The van der Waals surface area contributed by atoms with E-state index in [1.54, 1.807) is 18.4 Å². The lowest BCUT2D eigenvalue weighted by molar-refractivity contribution is 0.638. The molecule has 0 aliphatic heterocycles. The molecule has 3 aromatic rings. The zero-order valence-electron chi connectivity index (χ0n) is 9.94. The molecule has 3 rings (SSSR count). The Balaban J connectivity index is 1.87. The van der Waals surface area contributed by atoms with Crippen LogP contribution in [0.15, 0.2) is 33.9 Å². The summed E-state index contributed by atoms with van der Waals surface area (Å²) in [5.41, 5.74) is 1.16. The lowest BCUT2D eigenvalue weighted by Crippen LogP contribution is -1.88. The highest BCUT2D eigenvalue weighted by atomic mass is 32.2. The molecular formula is C12H10FN3S3. The zero-order valence-corrected chi connectivity index (χ0v) is 12.4. The summed E-state index contributed by atoms with van der Waals surface area (Å²) in [6.45, 7) is 0. The van der Waals surface area contributed by atoms with Gasteiger partial charge in [0.2, 0.25) is 0 Å². The van der Waals surface area contributed by atoms with Crippen molar-refractivity contribution in [2.24, 2.45) is 0 Å². The SMILES string of the molecule is CNc1nc2c(F)cc(NSc3cccs3)cc2s1. The molecule has 3 nitrogen and oxygen atoms in total. The van der Waals surface area contributed by atoms with Gasteiger partial charge >= 0.3 is 0 Å². The molecule has 98 valence electrons. The van der Waals surface area contributed by atoms with Gasteiger partial charge in [-0.1, -0.05) is 17.4 Å². The fraction of sp³-hybridized carbons (Fsp3) is 0.0833. The number of halogens is 1. The Morgan fingerprint density at radius 1 is 1.37 bits per heavy atom. The van der Waals surface area contributed by atoms with E-state index in [-0.39, 0.29) is 5.82 Å². The highest BCUT2D eigenvalue weighted by Gasteiger charge is 2.10. The molecule has 0 saturated carbocycles. The molecule has 2 aromatic heterocycles. The maximum absolute atomic E-state index is 13.9. The lowest BCUT2D eigenvalue weighted by Gasteiger charge is -2.03. The summed E-state index contributed by atoms with van der Waals surface area (Å²) in [6.07, 6.45) is 0. The topological polar surface area (TPSA) is 37.0 Å². The number of hydrogen-bond acceptors (Lipinski definition) is 6. The second kappa shape index (κ2) is 5.36. The molecule has 7 heteroatoms. The van der Waals surface area contributed by atoms with E-state index < -0.39 is 0 Å². The van der Waals surface area contributed by atoms with Crippen LogP contribution in [0.1, 0.15) is 0 Å². The fourth-order valence-corrected chi connectivity index (χ4v) is 3.87. The van der Waals surface area contributed by atoms with Crippen LogP contribution in [-0.4, -0.2) is 12.0 Å². The summed E-state index contributed by atoms with van der Waals surface area (Å²) in [6, 6.07) is 7.39. The van der Waals surface area contributed by atoms with Crippen molar-refractivity contribution in [3.8, 4) is 0 Å². The third-order valence-electron chi connectivity index (χ3n) is 2.43. The van der Waals surface area contributed by atoms with Crippen LogP contribution in [0.2, 0.25) is 0 Å². The molecule has 0 atom stereocenters. The predicted octanol–water partition coefficient (Wildman–Crippen LogP) is 4.66. The monoisotopic (exact) mass is 311 g/mol. The van der Waals surface area contributed by atoms with Crippen molar-refractivity contribution in [3.05, 3.63) is 35.5 Å². The number of nitrogens with one attached hydrogen (secondary N) is 2. The highest BCUT2D eigenvalue weighted by Crippen LogP contribution is 2.32. The van der Waals surface area contributed by atoms with Crippen molar-refractivity contribution in [2.45, 2.75) is 4.21 Å². The van der Waals surface area contributed by atoms with Crippen LogP contribution >= 0.6 is 34.6 Å². The van der Waals surface area contributed by atoms with Crippen LogP contribution in [-0.2, 0) is 0 Å². The molecule has 0 fully saturated rings. The Morgan fingerprint density at radius 2 is 2.26 bits per heavy atom. The maximum Gasteiger partial charge on any atom is 0.183 e. The van der Waals surface area contributed by atoms with E-state index in [0.717, 1.165) is 19.7 Å². The molecule has 0 unspecified atom stereocenters. The van der Waals surface area contributed by atoms with Gasteiger partial charge in [-0.15, -0.1) is 11.3 Å². The molecule has 0 saturated heterocycles. The third-order valence-corrected chi connectivity index (χ3v) is 5.32. The predicted molar refractivity (Wildman–Crippen MR) is 82.9 cm³/mol. The van der Waals surface area contributed by atoms with E-state index in [9.17, 15) is 4.39 Å². The van der Waals surface area contributed by atoms with E-state index in [1.807, 2.05) is 23.6 Å². The summed E-state index contributed by atoms with van der Waals surface area (Å²) in [5.74, 6) is -0.301. The van der Waals surface area contributed by atoms with Crippen molar-refractivity contribution in [1.82, 2.24) is 4.98 Å². The smallest absolute Gasteiger partial charge is 0.183 e. The minimum Gasteiger partial charge on any atom is -0.365 e. The van der Waals surface area contributed by atoms with Crippen LogP contribution in [0.4, 0.5) is 15.2 Å². The van der Waals surface area contributed by atoms with Gasteiger partial charge in [-0.05, 0) is 29.5 Å². The molecule has 1 aromatic carbocycles. The van der Waals surface area contributed by atoms with Crippen LogP contribution < -0.4 is 10.0 Å². The van der Waals surface area contributed by atoms with E-state index >= 15 is 0 Å². The fourth-order valence-electron chi connectivity index (χ4n) is 1.59. The largest absolute Gasteiger partial charge is 0.365 e. The summed E-state index contributed by atoms with van der Waals surface area (Å²) in [4.78, 5) is 4.18. The number of thiophene rings is 1. The number of aromatic nitrogens is 1. The Bertz CT molecular complexity index is 694. The molecule has 2 N–H and O–H groups in total. The van der Waals surface area contributed by atoms with Gasteiger partial charge in [-0.3, -0.25) is 0 Å². The molecule has 19 heavy (non-hydrogen) atoms. The Labute approximate surface area is 122 Å². The number of fused-ring (bicyclic) bond motifs is 1. The Hall–Kier alpha value is -1.31. The van der Waals surface area contributed by atoms with Crippen LogP contribution in [0.3, 0.4) is 0 Å². The maximum atomic E-state index is 13.9. The summed E-state index contributed by atoms with van der Waals surface area (Å²) in [5, 5.41) is 5.66. The second-order valence-corrected chi connectivity index (χ2v) is 6.79. The summed E-state index contributed by atoms with van der Waals surface area (Å²) in [7, 11) is 1.78. The quantitative estimate of drug-likeness (QED) is 0.687. The average molecular weight is 311 g/mol. The molecule has 0 radical (unpaired) electrons. The number of rotatable bonds is 4. The standard InChI is InChI=1S/C12H10FN3S3/c1-14-12-15-11-8(13)5-7(6-9(11)18-12)16-19-10-3-2-4-17-10/h2-6,16H,1H3,(H,14,15). The van der Waals surface area contributed by atoms with Crippen molar-refractivity contribution in [3.63, 3.8) is 0 Å². The molecule has 0 aliphatic rings. The van der Waals surface area contributed by atoms with Gasteiger partial charge in [-0.25, -0.2) is 9.37 Å². The van der Waals surface area contributed by atoms with Gasteiger partial charge in [-0.2, -0.15) is 0 Å². The first-order valence-corrected chi connectivity index (χ1v) is 8.02. The summed E-state index contributed by atoms with van der Waals surface area (Å²) < 4.78 is 19.1. The van der Waals surface area contributed by atoms with E-state index in [1.165, 1.54) is 29.4 Å². The number of hydrogen-bond donors (Lipinski definition) is 2. The Kier molecular flexibility index (Phi) is 3.58. The molecule has 2 heterocycles. The number of nitrogens with zero attached hydrogens (tertiary/aromatic N) is 1. The van der Waals surface area contributed by atoms with Crippen LogP contribution in [0.5, 0.6) is 0 Å². The average Bonchev–Trinajstić information content (AvgIpc) is 3.05. The molecular weight excluding hydrogens is 301 g/mol. The van der Waals surface area contributed by atoms with Gasteiger partial charge in [0.15, 0.2) is 10.9 Å². The minimum atomic E-state index is -0.301. The molecule has 0 aliphatic carbocycles. The van der Waals surface area contributed by atoms with Gasteiger partial charge < -0.3 is 10.0 Å². The first-order chi connectivity index (χ1) is 9.26. The Morgan fingerprint density at radius 3 is 3.00 bits per heavy atom. The third kappa shape index (κ3) is 2.68. The molecule has 0 amide bonds. The van der Waals surface area contributed by atoms with Crippen molar-refractivity contribution in [2.75, 3.05) is 17.1 Å². The normalized spacial score (nSPS) is 10.8. The van der Waals surface area contributed by atoms with Gasteiger partial charge in [0, 0.05) is 18.8 Å². The summed E-state index contributed by atoms with van der Waals surface area (Å²) >= 11 is 4.57. The lowest BCUT2D eigenvalue weighted by atomic mass is 10.3. The van der Waals surface area contributed by atoms with Crippen LogP contribution in [0.25, 0.3) is 10.2 Å². The van der Waals surface area contributed by atoms with E-state index in [0.29, 0.717) is 5.52 Å². The van der Waals surface area contributed by atoms with E-state index in [4.69, 9.17) is 0 Å². The minimum absolute atomic E-state index is 0.301. The van der Waals surface area contributed by atoms with Gasteiger partial charge in [0.1, 0.15) is 5.52 Å². The highest BCUT2D eigenvalue weighted by molar-refractivity contribution is 8.02. The van der Waals surface area contributed by atoms with E-state index in [2.05, 4.69) is 15.0 Å². The van der Waals surface area contributed by atoms with Crippen molar-refractivity contribution in [1.29, 1.82) is 0 Å². The van der Waals surface area contributed by atoms with Crippen molar-refractivity contribution < 1.29 is 4.39 Å². The van der Waals surface area contributed by atoms with Gasteiger partial charge in [0.05, 0.1) is 8.91 Å². The van der Waals surface area contributed by atoms with Crippen LogP contribution in [0, 0.1) is 5.82 Å². The molecule has 0 bridgehead atoms. The number of anilines is 2. The first kappa shape index (κ1) is 12.7.